The topological polar surface area (TPSA) is 52.0 Å². The van der Waals surface area contributed by atoms with E-state index in [-0.39, 0.29) is 0 Å². The molecule has 0 aliphatic heterocycles. The standard InChI is InChI=1S/C38H80N2/c1-3-5-7-9-11-13-15-17-19-21-23-25-27-29-31-33-37(39)35-36-38(40)34-32-30-28-26-24-22-20-18-16-14-12-10-8-6-4-2/h37-38H,3-36,39-40H2,1-2H3. The van der Waals surface area contributed by atoms with Gasteiger partial charge in [-0.05, 0) is 25.7 Å². The van der Waals surface area contributed by atoms with Crippen LogP contribution in [0, 0.1) is 0 Å². The average Bonchev–Trinajstić information content (AvgIpc) is 2.96. The highest BCUT2D eigenvalue weighted by atomic mass is 14.7. The van der Waals surface area contributed by atoms with Gasteiger partial charge in [-0.25, -0.2) is 0 Å². The number of rotatable bonds is 35. The predicted molar refractivity (Wildman–Crippen MR) is 184 cm³/mol. The predicted octanol–water partition coefficient (Wildman–Crippen LogP) is 12.9. The second kappa shape index (κ2) is 35.1. The van der Waals surface area contributed by atoms with Crippen molar-refractivity contribution in [2.75, 3.05) is 0 Å². The maximum absolute atomic E-state index is 6.41. The molecule has 0 saturated heterocycles. The molecule has 0 bridgehead atoms. The largest absolute Gasteiger partial charge is 0.328 e. The van der Waals surface area contributed by atoms with Crippen LogP contribution < -0.4 is 11.5 Å². The van der Waals surface area contributed by atoms with Crippen molar-refractivity contribution in [3.8, 4) is 0 Å². The Balaban J connectivity index is 3.26. The second-order valence-electron chi connectivity index (χ2n) is 13.6. The van der Waals surface area contributed by atoms with Gasteiger partial charge in [0.05, 0.1) is 0 Å². The van der Waals surface area contributed by atoms with Gasteiger partial charge in [0.2, 0.25) is 0 Å². The van der Waals surface area contributed by atoms with Gasteiger partial charge in [0, 0.05) is 12.1 Å². The molecule has 0 fully saturated rings. The molecule has 0 aliphatic rings. The molecule has 0 radical (unpaired) electrons. The summed E-state index contributed by atoms with van der Waals surface area (Å²) in [6.45, 7) is 4.60. The Morgan fingerprint density at radius 2 is 0.425 bits per heavy atom. The Hall–Kier alpha value is -0.0800. The minimum absolute atomic E-state index is 0.370. The molecule has 0 spiro atoms. The summed E-state index contributed by atoms with van der Waals surface area (Å²) in [6.07, 6.45) is 47.5. The molecule has 0 saturated carbocycles. The highest BCUT2D eigenvalue weighted by Crippen LogP contribution is 2.17. The van der Waals surface area contributed by atoms with Gasteiger partial charge in [0.1, 0.15) is 0 Å². The van der Waals surface area contributed by atoms with Gasteiger partial charge in [-0.2, -0.15) is 0 Å². The Labute approximate surface area is 255 Å². The molecule has 40 heavy (non-hydrogen) atoms. The summed E-state index contributed by atoms with van der Waals surface area (Å²) in [5.74, 6) is 0. The van der Waals surface area contributed by atoms with Gasteiger partial charge in [0.15, 0.2) is 0 Å². The molecular formula is C38H80N2. The summed E-state index contributed by atoms with van der Waals surface area (Å²) in [5, 5.41) is 0. The van der Waals surface area contributed by atoms with E-state index in [9.17, 15) is 0 Å². The van der Waals surface area contributed by atoms with Crippen molar-refractivity contribution in [1.82, 2.24) is 0 Å². The van der Waals surface area contributed by atoms with E-state index in [0.29, 0.717) is 12.1 Å². The zero-order chi connectivity index (χ0) is 29.2. The van der Waals surface area contributed by atoms with Crippen molar-refractivity contribution in [3.63, 3.8) is 0 Å². The fourth-order valence-electron chi connectivity index (χ4n) is 6.27. The van der Waals surface area contributed by atoms with Crippen LogP contribution in [-0.4, -0.2) is 12.1 Å². The lowest BCUT2D eigenvalue weighted by molar-refractivity contribution is 0.447. The lowest BCUT2D eigenvalue weighted by Gasteiger charge is -2.15. The summed E-state index contributed by atoms with van der Waals surface area (Å²) < 4.78 is 0. The smallest absolute Gasteiger partial charge is 0.00394 e. The lowest BCUT2D eigenvalue weighted by Crippen LogP contribution is -2.26. The fraction of sp³-hybridized carbons (Fsp3) is 1.00. The van der Waals surface area contributed by atoms with E-state index in [4.69, 9.17) is 11.5 Å². The van der Waals surface area contributed by atoms with Crippen LogP contribution in [0.5, 0.6) is 0 Å². The number of hydrogen-bond acceptors (Lipinski definition) is 2. The minimum atomic E-state index is 0.370. The first-order valence-corrected chi connectivity index (χ1v) is 19.2. The maximum Gasteiger partial charge on any atom is 0.00394 e. The van der Waals surface area contributed by atoms with Crippen LogP contribution >= 0.6 is 0 Å². The van der Waals surface area contributed by atoms with Gasteiger partial charge in [-0.3, -0.25) is 0 Å². The first-order chi connectivity index (χ1) is 19.7. The molecule has 2 unspecified atom stereocenters. The summed E-state index contributed by atoms with van der Waals surface area (Å²) in [5.41, 5.74) is 12.8. The lowest BCUT2D eigenvalue weighted by atomic mass is 9.98. The first-order valence-electron chi connectivity index (χ1n) is 19.2. The van der Waals surface area contributed by atoms with E-state index in [1.807, 2.05) is 0 Å². The molecule has 0 aromatic rings. The molecular weight excluding hydrogens is 484 g/mol. The Morgan fingerprint density at radius 1 is 0.250 bits per heavy atom. The highest BCUT2D eigenvalue weighted by molar-refractivity contribution is 4.68. The third kappa shape index (κ3) is 34.1. The van der Waals surface area contributed by atoms with E-state index in [1.54, 1.807) is 0 Å². The number of hydrogen-bond donors (Lipinski definition) is 2. The molecule has 0 aromatic heterocycles. The van der Waals surface area contributed by atoms with Crippen molar-refractivity contribution < 1.29 is 0 Å². The average molecular weight is 565 g/mol. The monoisotopic (exact) mass is 565 g/mol. The Morgan fingerprint density at radius 3 is 0.625 bits per heavy atom. The number of nitrogens with two attached hydrogens (primary N) is 2. The quantitative estimate of drug-likeness (QED) is 0.0752. The van der Waals surface area contributed by atoms with Crippen molar-refractivity contribution in [2.45, 2.75) is 244 Å². The second-order valence-corrected chi connectivity index (χ2v) is 13.6. The van der Waals surface area contributed by atoms with Crippen molar-refractivity contribution in [2.24, 2.45) is 11.5 Å². The van der Waals surface area contributed by atoms with E-state index >= 15 is 0 Å². The number of unbranched alkanes of at least 4 members (excludes halogenated alkanes) is 28. The summed E-state index contributed by atoms with van der Waals surface area (Å²) in [4.78, 5) is 0. The van der Waals surface area contributed by atoms with Crippen LogP contribution in [0.3, 0.4) is 0 Å². The van der Waals surface area contributed by atoms with Crippen LogP contribution in [0.2, 0.25) is 0 Å². The van der Waals surface area contributed by atoms with Crippen molar-refractivity contribution in [1.29, 1.82) is 0 Å². The van der Waals surface area contributed by atoms with Crippen molar-refractivity contribution >= 4 is 0 Å². The van der Waals surface area contributed by atoms with E-state index in [2.05, 4.69) is 13.8 Å². The van der Waals surface area contributed by atoms with Crippen LogP contribution in [0.25, 0.3) is 0 Å². The minimum Gasteiger partial charge on any atom is -0.328 e. The molecule has 2 atom stereocenters. The van der Waals surface area contributed by atoms with Crippen molar-refractivity contribution in [3.05, 3.63) is 0 Å². The van der Waals surface area contributed by atoms with Crippen LogP contribution in [0.15, 0.2) is 0 Å². The molecule has 0 aromatic carbocycles. The molecule has 2 heteroatoms. The van der Waals surface area contributed by atoms with E-state index in [1.165, 1.54) is 205 Å². The van der Waals surface area contributed by atoms with Gasteiger partial charge < -0.3 is 11.5 Å². The molecule has 242 valence electrons. The van der Waals surface area contributed by atoms with Crippen LogP contribution in [-0.2, 0) is 0 Å². The maximum atomic E-state index is 6.41. The highest BCUT2D eigenvalue weighted by Gasteiger charge is 2.07. The molecule has 0 heterocycles. The normalized spacial score (nSPS) is 13.2. The molecule has 2 nitrogen and oxygen atoms in total. The summed E-state index contributed by atoms with van der Waals surface area (Å²) in [7, 11) is 0. The molecule has 0 rings (SSSR count). The van der Waals surface area contributed by atoms with E-state index < -0.39 is 0 Å². The van der Waals surface area contributed by atoms with Gasteiger partial charge >= 0.3 is 0 Å². The molecule has 4 N–H and O–H groups in total. The summed E-state index contributed by atoms with van der Waals surface area (Å²) in [6, 6.07) is 0.739. The molecule has 0 aliphatic carbocycles. The zero-order valence-corrected chi connectivity index (χ0v) is 28.4. The SMILES string of the molecule is CCCCCCCCCCCCCCCCCC(N)CCC(N)CCCCCCCCCCCCCCCCC. The fourth-order valence-corrected chi connectivity index (χ4v) is 6.27. The zero-order valence-electron chi connectivity index (χ0n) is 28.4. The third-order valence-electron chi connectivity index (χ3n) is 9.27. The van der Waals surface area contributed by atoms with Gasteiger partial charge in [-0.1, -0.05) is 206 Å². The van der Waals surface area contributed by atoms with Gasteiger partial charge in [0.25, 0.3) is 0 Å². The first kappa shape index (κ1) is 39.9. The third-order valence-corrected chi connectivity index (χ3v) is 9.27. The Kier molecular flexibility index (Phi) is 35.0. The van der Waals surface area contributed by atoms with Crippen LogP contribution in [0.1, 0.15) is 232 Å². The molecule has 0 amide bonds. The summed E-state index contributed by atoms with van der Waals surface area (Å²) >= 11 is 0. The Bertz CT molecular complexity index is 397. The van der Waals surface area contributed by atoms with Gasteiger partial charge in [-0.15, -0.1) is 0 Å². The van der Waals surface area contributed by atoms with Crippen LogP contribution in [0.4, 0.5) is 0 Å². The van der Waals surface area contributed by atoms with E-state index in [0.717, 1.165) is 12.8 Å².